The third kappa shape index (κ3) is 5.58. The quantitative estimate of drug-likeness (QED) is 0.929. The minimum Gasteiger partial charge on any atom is -0.316 e. The van der Waals surface area contributed by atoms with Crippen LogP contribution in [0.25, 0.3) is 0 Å². The third-order valence-corrected chi connectivity index (χ3v) is 5.84. The Bertz CT molecular complexity index is 395. The maximum Gasteiger partial charge on any atom is 0.209 e. The molecule has 1 fully saturated rings. The largest absolute Gasteiger partial charge is 0.316 e. The van der Waals surface area contributed by atoms with E-state index in [1.54, 1.807) is 4.68 Å². The van der Waals surface area contributed by atoms with Crippen LogP contribution in [0.3, 0.4) is 0 Å². The van der Waals surface area contributed by atoms with Crippen molar-refractivity contribution >= 4 is 11.8 Å². The van der Waals surface area contributed by atoms with Gasteiger partial charge in [-0.05, 0) is 30.3 Å². The van der Waals surface area contributed by atoms with Gasteiger partial charge in [-0.3, -0.25) is 0 Å². The molecule has 0 bridgehead atoms. The Balaban J connectivity index is 1.97. The highest BCUT2D eigenvalue weighted by Gasteiger charge is 2.23. The Labute approximate surface area is 132 Å². The zero-order chi connectivity index (χ0) is 14.9. The lowest BCUT2D eigenvalue weighted by Crippen LogP contribution is -2.36. The standard InChI is InChI=1S/C15H29N5S/c1-16-13-11-9-7-5-3-4-6-8-10-12-14(13)21-15-17-18-19-20(15)2/h13-14,16H,3-12H2,1-2H3. The van der Waals surface area contributed by atoms with Crippen LogP contribution in [0.5, 0.6) is 0 Å². The van der Waals surface area contributed by atoms with Gasteiger partial charge in [0.2, 0.25) is 5.16 Å². The van der Waals surface area contributed by atoms with Gasteiger partial charge in [-0.2, -0.15) is 0 Å². The van der Waals surface area contributed by atoms with Gasteiger partial charge in [-0.25, -0.2) is 4.68 Å². The lowest BCUT2D eigenvalue weighted by molar-refractivity contribution is 0.433. The summed E-state index contributed by atoms with van der Waals surface area (Å²) < 4.78 is 1.79. The molecule has 0 radical (unpaired) electrons. The number of nitrogens with zero attached hydrogens (tertiary/aromatic N) is 4. The number of aryl methyl sites for hydroxylation is 1. The zero-order valence-electron chi connectivity index (χ0n) is 13.4. The summed E-state index contributed by atoms with van der Waals surface area (Å²) in [6, 6.07) is 0.561. The van der Waals surface area contributed by atoms with Crippen molar-refractivity contribution in [3.8, 4) is 0 Å². The first kappa shape index (κ1) is 16.7. The number of rotatable bonds is 3. The molecule has 1 heterocycles. The minimum absolute atomic E-state index is 0.561. The van der Waals surface area contributed by atoms with Crippen molar-refractivity contribution < 1.29 is 0 Å². The van der Waals surface area contributed by atoms with Crippen molar-refractivity contribution in [2.75, 3.05) is 7.05 Å². The zero-order valence-corrected chi connectivity index (χ0v) is 14.2. The lowest BCUT2D eigenvalue weighted by Gasteiger charge is -2.26. The van der Waals surface area contributed by atoms with Crippen LogP contribution in [0.1, 0.15) is 64.2 Å². The molecular weight excluding hydrogens is 282 g/mol. The third-order valence-electron chi connectivity index (χ3n) is 4.41. The Morgan fingerprint density at radius 3 is 2.19 bits per heavy atom. The van der Waals surface area contributed by atoms with Crippen LogP contribution in [0.2, 0.25) is 0 Å². The minimum atomic E-state index is 0.561. The first-order valence-corrected chi connectivity index (χ1v) is 9.25. The van der Waals surface area contributed by atoms with E-state index in [4.69, 9.17) is 0 Å². The van der Waals surface area contributed by atoms with Crippen molar-refractivity contribution in [1.29, 1.82) is 0 Å². The molecule has 1 aromatic rings. The van der Waals surface area contributed by atoms with E-state index in [1.807, 2.05) is 18.8 Å². The fraction of sp³-hybridized carbons (Fsp3) is 0.933. The van der Waals surface area contributed by atoms with Gasteiger partial charge in [0, 0.05) is 18.3 Å². The molecule has 2 unspecified atom stereocenters. The topological polar surface area (TPSA) is 55.6 Å². The predicted octanol–water partition coefficient (Wildman–Crippen LogP) is 3.17. The van der Waals surface area contributed by atoms with Gasteiger partial charge < -0.3 is 5.32 Å². The number of nitrogens with one attached hydrogen (secondary N) is 1. The van der Waals surface area contributed by atoms with Crippen molar-refractivity contribution in [2.45, 2.75) is 80.7 Å². The Hall–Kier alpha value is -0.620. The Morgan fingerprint density at radius 2 is 1.62 bits per heavy atom. The highest BCUT2D eigenvalue weighted by atomic mass is 32.2. The second-order valence-electron chi connectivity index (χ2n) is 6.04. The molecule has 21 heavy (non-hydrogen) atoms. The molecule has 1 N–H and O–H groups in total. The van der Waals surface area contributed by atoms with E-state index in [0.717, 1.165) is 5.16 Å². The number of hydrogen-bond acceptors (Lipinski definition) is 5. The van der Waals surface area contributed by atoms with Gasteiger partial charge in [-0.1, -0.05) is 63.1 Å². The summed E-state index contributed by atoms with van der Waals surface area (Å²) in [6.45, 7) is 0. The van der Waals surface area contributed by atoms with E-state index in [2.05, 4.69) is 27.9 Å². The number of aromatic nitrogens is 4. The second-order valence-corrected chi connectivity index (χ2v) is 7.25. The monoisotopic (exact) mass is 311 g/mol. The van der Waals surface area contributed by atoms with Crippen LogP contribution in [0.15, 0.2) is 5.16 Å². The summed E-state index contributed by atoms with van der Waals surface area (Å²) in [6.07, 6.45) is 13.6. The van der Waals surface area contributed by atoms with Gasteiger partial charge in [0.15, 0.2) is 0 Å². The fourth-order valence-electron chi connectivity index (χ4n) is 3.09. The van der Waals surface area contributed by atoms with Crippen LogP contribution in [0, 0.1) is 0 Å². The molecule has 5 nitrogen and oxygen atoms in total. The molecule has 1 aliphatic carbocycles. The summed E-state index contributed by atoms with van der Waals surface area (Å²) in [4.78, 5) is 0. The van der Waals surface area contributed by atoms with E-state index in [0.29, 0.717) is 11.3 Å². The van der Waals surface area contributed by atoms with Gasteiger partial charge in [-0.15, -0.1) is 5.10 Å². The van der Waals surface area contributed by atoms with Crippen LogP contribution < -0.4 is 5.32 Å². The first-order chi connectivity index (χ1) is 10.3. The number of hydrogen-bond donors (Lipinski definition) is 1. The molecule has 1 saturated carbocycles. The molecule has 0 aromatic carbocycles. The van der Waals surface area contributed by atoms with Crippen LogP contribution >= 0.6 is 11.8 Å². The summed E-state index contributed by atoms with van der Waals surface area (Å²) in [7, 11) is 4.02. The maximum absolute atomic E-state index is 4.15. The number of thioether (sulfide) groups is 1. The average Bonchev–Trinajstić information content (AvgIpc) is 2.87. The Kier molecular flexibility index (Phi) is 7.50. The van der Waals surface area contributed by atoms with Crippen LogP contribution in [-0.4, -0.2) is 38.5 Å². The highest BCUT2D eigenvalue weighted by Crippen LogP contribution is 2.29. The van der Waals surface area contributed by atoms with E-state index in [-0.39, 0.29) is 0 Å². The van der Waals surface area contributed by atoms with Crippen molar-refractivity contribution in [2.24, 2.45) is 7.05 Å². The van der Waals surface area contributed by atoms with E-state index in [1.165, 1.54) is 64.2 Å². The molecule has 2 rings (SSSR count). The summed E-state index contributed by atoms with van der Waals surface area (Å²) >= 11 is 1.85. The van der Waals surface area contributed by atoms with E-state index >= 15 is 0 Å². The summed E-state index contributed by atoms with van der Waals surface area (Å²) in [5.74, 6) is 0. The molecule has 0 spiro atoms. The Morgan fingerprint density at radius 1 is 1.00 bits per heavy atom. The maximum atomic E-state index is 4.15. The van der Waals surface area contributed by atoms with Crippen molar-refractivity contribution in [3.05, 3.63) is 0 Å². The summed E-state index contributed by atoms with van der Waals surface area (Å²) in [5.41, 5.74) is 0. The first-order valence-electron chi connectivity index (χ1n) is 8.37. The predicted molar refractivity (Wildman–Crippen MR) is 87.5 cm³/mol. The van der Waals surface area contributed by atoms with Gasteiger partial charge in [0.05, 0.1) is 0 Å². The molecule has 0 aliphatic heterocycles. The molecule has 120 valence electrons. The van der Waals surface area contributed by atoms with Crippen LogP contribution in [0.4, 0.5) is 0 Å². The molecule has 6 heteroatoms. The molecule has 1 aromatic heterocycles. The molecule has 1 aliphatic rings. The van der Waals surface area contributed by atoms with Crippen LogP contribution in [-0.2, 0) is 7.05 Å². The van der Waals surface area contributed by atoms with Gasteiger partial charge in [0.25, 0.3) is 0 Å². The normalized spacial score (nSPS) is 26.0. The fourth-order valence-corrected chi connectivity index (χ4v) is 4.35. The second kappa shape index (κ2) is 9.41. The summed E-state index contributed by atoms with van der Waals surface area (Å²) in [5, 5.41) is 16.9. The van der Waals surface area contributed by atoms with Gasteiger partial charge in [0.1, 0.15) is 0 Å². The van der Waals surface area contributed by atoms with Crippen molar-refractivity contribution in [3.63, 3.8) is 0 Å². The van der Waals surface area contributed by atoms with E-state index < -0.39 is 0 Å². The smallest absolute Gasteiger partial charge is 0.209 e. The SMILES string of the molecule is CNC1CCCCCCCCCCC1Sc1nnnn1C. The average molecular weight is 311 g/mol. The lowest BCUT2D eigenvalue weighted by atomic mass is 9.97. The van der Waals surface area contributed by atoms with Crippen molar-refractivity contribution in [1.82, 2.24) is 25.5 Å². The highest BCUT2D eigenvalue weighted by molar-refractivity contribution is 7.99. The molecular formula is C15H29N5S. The molecule has 2 atom stereocenters. The number of tetrazole rings is 1. The molecule has 0 saturated heterocycles. The van der Waals surface area contributed by atoms with Gasteiger partial charge >= 0.3 is 0 Å². The molecule has 0 amide bonds. The van der Waals surface area contributed by atoms with E-state index in [9.17, 15) is 0 Å².